The summed E-state index contributed by atoms with van der Waals surface area (Å²) < 4.78 is 8.76. The molecule has 0 saturated heterocycles. The van der Waals surface area contributed by atoms with Gasteiger partial charge < -0.3 is 4.90 Å². The van der Waals surface area contributed by atoms with Crippen LogP contribution >= 0.6 is 11.7 Å². The summed E-state index contributed by atoms with van der Waals surface area (Å²) in [5.41, 5.74) is 9.77. The molecule has 154 valence electrons. The molecular formula is C27H20N4S. The van der Waals surface area contributed by atoms with Crippen LogP contribution in [0.3, 0.4) is 0 Å². The van der Waals surface area contributed by atoms with Crippen LogP contribution in [0.5, 0.6) is 0 Å². The molecule has 4 aromatic carbocycles. The third-order valence-corrected chi connectivity index (χ3v) is 6.09. The van der Waals surface area contributed by atoms with Crippen LogP contribution in [-0.4, -0.2) is 8.75 Å². The molecule has 0 unspecified atom stereocenters. The van der Waals surface area contributed by atoms with Crippen molar-refractivity contribution in [3.8, 4) is 17.2 Å². The minimum Gasteiger partial charge on any atom is -0.311 e. The first kappa shape index (κ1) is 19.9. The van der Waals surface area contributed by atoms with Gasteiger partial charge in [-0.15, -0.1) is 0 Å². The van der Waals surface area contributed by atoms with Gasteiger partial charge in [-0.1, -0.05) is 53.6 Å². The Kier molecular flexibility index (Phi) is 5.14. The minimum atomic E-state index is 0.555. The molecule has 1 heterocycles. The molecule has 1 aromatic heterocycles. The number of aromatic nitrogens is 2. The number of benzene rings is 4. The average Bonchev–Trinajstić information content (AvgIpc) is 3.32. The largest absolute Gasteiger partial charge is 0.311 e. The Hall–Kier alpha value is -4.01. The number of nitriles is 1. The van der Waals surface area contributed by atoms with Crippen LogP contribution in [0.2, 0.25) is 0 Å². The summed E-state index contributed by atoms with van der Waals surface area (Å²) in [4.78, 5) is 2.25. The topological polar surface area (TPSA) is 52.8 Å². The molecule has 5 rings (SSSR count). The highest BCUT2D eigenvalue weighted by atomic mass is 32.1. The number of nitrogens with zero attached hydrogens (tertiary/aromatic N) is 4. The van der Waals surface area contributed by atoms with Gasteiger partial charge >= 0.3 is 0 Å². The van der Waals surface area contributed by atoms with Gasteiger partial charge in [0.2, 0.25) is 0 Å². The van der Waals surface area contributed by atoms with Gasteiger partial charge in [0.25, 0.3) is 0 Å². The summed E-state index contributed by atoms with van der Waals surface area (Å²) in [5.74, 6) is 0. The van der Waals surface area contributed by atoms with E-state index in [1.165, 1.54) is 11.1 Å². The second-order valence-corrected chi connectivity index (χ2v) is 8.32. The van der Waals surface area contributed by atoms with Gasteiger partial charge in [0.1, 0.15) is 17.1 Å². The van der Waals surface area contributed by atoms with Crippen molar-refractivity contribution < 1.29 is 0 Å². The van der Waals surface area contributed by atoms with Crippen molar-refractivity contribution in [2.45, 2.75) is 13.8 Å². The summed E-state index contributed by atoms with van der Waals surface area (Å²) in [7, 11) is 0. The Bertz CT molecular complexity index is 1380. The maximum Gasteiger partial charge on any atom is 0.123 e. The molecule has 0 aliphatic heterocycles. The Labute approximate surface area is 191 Å². The van der Waals surface area contributed by atoms with Crippen molar-refractivity contribution in [2.75, 3.05) is 4.90 Å². The van der Waals surface area contributed by atoms with Crippen LogP contribution in [0, 0.1) is 25.2 Å². The third-order valence-electron chi connectivity index (χ3n) is 5.56. The summed E-state index contributed by atoms with van der Waals surface area (Å²) in [5, 5.41) is 9.34. The van der Waals surface area contributed by atoms with Crippen LogP contribution < -0.4 is 4.90 Å². The maximum atomic E-state index is 9.34. The normalized spacial score (nSPS) is 10.8. The molecule has 0 spiro atoms. The molecule has 0 saturated carbocycles. The molecule has 0 N–H and O–H groups in total. The van der Waals surface area contributed by atoms with Crippen LogP contribution in [-0.2, 0) is 0 Å². The fraction of sp³-hybridized carbons (Fsp3) is 0.0741. The lowest BCUT2D eigenvalue weighted by atomic mass is 10.0. The van der Waals surface area contributed by atoms with E-state index in [0.29, 0.717) is 11.1 Å². The molecule has 32 heavy (non-hydrogen) atoms. The Morgan fingerprint density at radius 2 is 1.16 bits per heavy atom. The lowest BCUT2D eigenvalue weighted by Gasteiger charge is -2.26. The van der Waals surface area contributed by atoms with Gasteiger partial charge in [-0.25, -0.2) is 0 Å². The number of rotatable bonds is 4. The van der Waals surface area contributed by atoms with E-state index in [2.05, 4.69) is 106 Å². The summed E-state index contributed by atoms with van der Waals surface area (Å²) in [6.07, 6.45) is 0. The molecule has 0 fully saturated rings. The standard InChI is InChI=1S/C27H20N4S/c1-18-3-10-22(11-4-18)31(23-12-5-19(2)6-13-23)24-14-7-20(8-15-24)25-16-9-21(17-28)26-27(25)30-32-29-26/h3-16H,1-2H3. The third kappa shape index (κ3) is 3.62. The molecule has 0 aliphatic carbocycles. The Morgan fingerprint density at radius 1 is 0.656 bits per heavy atom. The molecule has 4 nitrogen and oxygen atoms in total. The van der Waals surface area contributed by atoms with Crippen LogP contribution in [0.4, 0.5) is 17.1 Å². The lowest BCUT2D eigenvalue weighted by Crippen LogP contribution is -2.09. The van der Waals surface area contributed by atoms with E-state index in [-0.39, 0.29) is 0 Å². The number of fused-ring (bicyclic) bond motifs is 1. The predicted octanol–water partition coefficient (Wildman–Crippen LogP) is 7.32. The molecule has 5 heteroatoms. The summed E-state index contributed by atoms with van der Waals surface area (Å²) in [6.45, 7) is 4.20. The van der Waals surface area contributed by atoms with Crippen molar-refractivity contribution in [3.05, 3.63) is 102 Å². The van der Waals surface area contributed by atoms with Gasteiger partial charge in [-0.3, -0.25) is 0 Å². The van der Waals surface area contributed by atoms with Crippen LogP contribution in [0.15, 0.2) is 84.9 Å². The second kappa shape index (κ2) is 8.26. The van der Waals surface area contributed by atoms with Gasteiger partial charge in [-0.05, 0) is 61.9 Å². The van der Waals surface area contributed by atoms with Crippen molar-refractivity contribution in [2.24, 2.45) is 0 Å². The molecule has 0 bridgehead atoms. The lowest BCUT2D eigenvalue weighted by molar-refractivity contribution is 1.27. The Morgan fingerprint density at radius 3 is 1.69 bits per heavy atom. The highest BCUT2D eigenvalue weighted by molar-refractivity contribution is 7.00. The zero-order chi connectivity index (χ0) is 22.1. The van der Waals surface area contributed by atoms with Crippen LogP contribution in [0.1, 0.15) is 16.7 Å². The monoisotopic (exact) mass is 432 g/mol. The molecule has 0 atom stereocenters. The van der Waals surface area contributed by atoms with E-state index >= 15 is 0 Å². The highest BCUT2D eigenvalue weighted by Crippen LogP contribution is 2.37. The first-order valence-corrected chi connectivity index (χ1v) is 11.1. The quantitative estimate of drug-likeness (QED) is 0.299. The van der Waals surface area contributed by atoms with Crippen LogP contribution in [0.25, 0.3) is 22.2 Å². The highest BCUT2D eigenvalue weighted by Gasteiger charge is 2.15. The van der Waals surface area contributed by atoms with Gasteiger partial charge in [-0.2, -0.15) is 14.0 Å². The number of hydrogen-bond donors (Lipinski definition) is 0. The molecule has 5 aromatic rings. The van der Waals surface area contributed by atoms with Crippen molar-refractivity contribution >= 4 is 39.8 Å². The smallest absolute Gasteiger partial charge is 0.123 e. The van der Waals surface area contributed by atoms with Gasteiger partial charge in [0.15, 0.2) is 0 Å². The fourth-order valence-corrected chi connectivity index (χ4v) is 4.39. The fourth-order valence-electron chi connectivity index (χ4n) is 3.81. The van der Waals surface area contributed by atoms with E-state index in [9.17, 15) is 5.26 Å². The van der Waals surface area contributed by atoms with Gasteiger partial charge in [0, 0.05) is 22.6 Å². The summed E-state index contributed by atoms with van der Waals surface area (Å²) >= 11 is 1.14. The van der Waals surface area contributed by atoms with Crippen molar-refractivity contribution in [3.63, 3.8) is 0 Å². The second-order valence-electron chi connectivity index (χ2n) is 7.79. The zero-order valence-corrected chi connectivity index (χ0v) is 18.6. The van der Waals surface area contributed by atoms with Gasteiger partial charge in [0.05, 0.1) is 17.3 Å². The maximum absolute atomic E-state index is 9.34. The van der Waals surface area contributed by atoms with E-state index in [1.807, 2.05) is 12.1 Å². The molecule has 0 radical (unpaired) electrons. The average molecular weight is 433 g/mol. The van der Waals surface area contributed by atoms with E-state index < -0.39 is 0 Å². The summed E-state index contributed by atoms with van der Waals surface area (Å²) in [6, 6.07) is 31.5. The molecule has 0 amide bonds. The van der Waals surface area contributed by atoms with E-state index in [0.717, 1.165) is 45.4 Å². The molecule has 0 aliphatic rings. The van der Waals surface area contributed by atoms with E-state index in [4.69, 9.17) is 0 Å². The predicted molar refractivity (Wildman–Crippen MR) is 132 cm³/mol. The number of aryl methyl sites for hydroxylation is 2. The number of anilines is 3. The van der Waals surface area contributed by atoms with Crippen molar-refractivity contribution in [1.29, 1.82) is 5.26 Å². The number of hydrogen-bond acceptors (Lipinski definition) is 5. The Balaban J connectivity index is 1.58. The minimum absolute atomic E-state index is 0.555. The van der Waals surface area contributed by atoms with Crippen molar-refractivity contribution in [1.82, 2.24) is 8.75 Å². The molecular weight excluding hydrogens is 412 g/mol. The SMILES string of the molecule is Cc1ccc(N(c2ccc(C)cc2)c2ccc(-c3ccc(C#N)c4nsnc34)cc2)cc1. The first-order valence-electron chi connectivity index (χ1n) is 10.3. The first-order chi connectivity index (χ1) is 15.6. The van der Waals surface area contributed by atoms with E-state index in [1.54, 1.807) is 0 Å². The zero-order valence-electron chi connectivity index (χ0n) is 17.8.